The van der Waals surface area contributed by atoms with Crippen molar-refractivity contribution in [2.75, 3.05) is 26.2 Å². The van der Waals surface area contributed by atoms with Crippen molar-refractivity contribution in [3.8, 4) is 0 Å². The maximum absolute atomic E-state index is 10.9. The van der Waals surface area contributed by atoms with Gasteiger partial charge in [0.25, 0.3) is 5.69 Å². The monoisotopic (exact) mass is 295 g/mol. The highest BCUT2D eigenvalue weighted by Crippen LogP contribution is 2.27. The highest BCUT2D eigenvalue weighted by molar-refractivity contribution is 6.32. The van der Waals surface area contributed by atoms with Gasteiger partial charge < -0.3 is 0 Å². The minimum absolute atomic E-state index is 0.00340. The summed E-state index contributed by atoms with van der Waals surface area (Å²) in [6, 6.07) is 5.78. The number of nitrogens with zero attached hydrogens (tertiary/aromatic N) is 3. The van der Waals surface area contributed by atoms with Crippen LogP contribution in [0.5, 0.6) is 0 Å². The molecule has 1 atom stereocenters. The summed E-state index contributed by atoms with van der Waals surface area (Å²) in [6.07, 6.45) is 2.57. The second-order valence-corrected chi connectivity index (χ2v) is 6.02. The van der Waals surface area contributed by atoms with Crippen molar-refractivity contribution in [1.29, 1.82) is 0 Å². The largest absolute Gasteiger partial charge is 0.298 e. The van der Waals surface area contributed by atoms with Gasteiger partial charge in [0.2, 0.25) is 0 Å². The molecule has 2 fully saturated rings. The van der Waals surface area contributed by atoms with Crippen LogP contribution in [0.15, 0.2) is 18.2 Å². The van der Waals surface area contributed by atoms with E-state index in [1.165, 1.54) is 19.4 Å². The molecule has 3 rings (SSSR count). The molecule has 5 nitrogen and oxygen atoms in total. The van der Waals surface area contributed by atoms with E-state index < -0.39 is 4.92 Å². The van der Waals surface area contributed by atoms with Gasteiger partial charge in [-0.15, -0.1) is 0 Å². The highest BCUT2D eigenvalue weighted by atomic mass is 35.5. The van der Waals surface area contributed by atoms with E-state index in [2.05, 4.69) is 9.80 Å². The quantitative estimate of drug-likeness (QED) is 0.635. The number of nitro benzene ring substituents is 1. The minimum atomic E-state index is -0.416. The van der Waals surface area contributed by atoms with Crippen LogP contribution >= 0.6 is 11.6 Å². The Labute approximate surface area is 123 Å². The summed E-state index contributed by atoms with van der Waals surface area (Å²) in [4.78, 5) is 15.4. The summed E-state index contributed by atoms with van der Waals surface area (Å²) in [5, 5.41) is 11.1. The van der Waals surface area contributed by atoms with Crippen LogP contribution in [0.3, 0.4) is 0 Å². The van der Waals surface area contributed by atoms with E-state index in [-0.39, 0.29) is 10.7 Å². The van der Waals surface area contributed by atoms with Gasteiger partial charge in [-0.2, -0.15) is 0 Å². The molecule has 0 aromatic heterocycles. The molecule has 1 aromatic carbocycles. The fourth-order valence-electron chi connectivity index (χ4n) is 3.25. The zero-order chi connectivity index (χ0) is 14.1. The average Bonchev–Trinajstić information content (AvgIpc) is 2.88. The van der Waals surface area contributed by atoms with Crippen molar-refractivity contribution >= 4 is 17.3 Å². The number of rotatable bonds is 3. The van der Waals surface area contributed by atoms with Crippen LogP contribution in [-0.4, -0.2) is 46.9 Å². The minimum Gasteiger partial charge on any atom is -0.298 e. The molecule has 0 N–H and O–H groups in total. The van der Waals surface area contributed by atoms with Crippen LogP contribution < -0.4 is 0 Å². The van der Waals surface area contributed by atoms with E-state index >= 15 is 0 Å². The van der Waals surface area contributed by atoms with E-state index in [9.17, 15) is 10.1 Å². The molecule has 20 heavy (non-hydrogen) atoms. The number of hydrogen-bond donors (Lipinski definition) is 0. The molecular formula is C14H18ClN3O2. The average molecular weight is 296 g/mol. The van der Waals surface area contributed by atoms with Gasteiger partial charge in [0.05, 0.1) is 4.92 Å². The lowest BCUT2D eigenvalue weighted by atomic mass is 10.1. The van der Waals surface area contributed by atoms with Crippen molar-refractivity contribution in [3.63, 3.8) is 0 Å². The number of nitro groups is 1. The Balaban J connectivity index is 1.68. The third-order valence-electron chi connectivity index (χ3n) is 4.28. The summed E-state index contributed by atoms with van der Waals surface area (Å²) in [7, 11) is 0. The molecule has 1 aromatic rings. The Hall–Kier alpha value is -1.17. The molecule has 0 saturated carbocycles. The zero-order valence-electron chi connectivity index (χ0n) is 11.3. The van der Waals surface area contributed by atoms with Crippen LogP contribution in [0.4, 0.5) is 5.69 Å². The fourth-order valence-corrected chi connectivity index (χ4v) is 3.44. The van der Waals surface area contributed by atoms with Gasteiger partial charge in [-0.1, -0.05) is 17.7 Å². The van der Waals surface area contributed by atoms with E-state index in [4.69, 9.17) is 11.6 Å². The Bertz CT molecular complexity index is 523. The standard InChI is InChI=1S/C14H18ClN3O2/c15-13-4-3-11(8-14(13)18(19)20)9-16-6-7-17-5-1-2-12(17)10-16/h3-4,8,12H,1-2,5-7,9-10H2. The zero-order valence-corrected chi connectivity index (χ0v) is 12.1. The van der Waals surface area contributed by atoms with Gasteiger partial charge in [0.15, 0.2) is 0 Å². The molecule has 0 bridgehead atoms. The molecular weight excluding hydrogens is 278 g/mol. The molecule has 0 amide bonds. The molecule has 2 aliphatic heterocycles. The van der Waals surface area contributed by atoms with Crippen molar-refractivity contribution in [2.45, 2.75) is 25.4 Å². The molecule has 2 heterocycles. The second-order valence-electron chi connectivity index (χ2n) is 5.61. The molecule has 6 heteroatoms. The predicted octanol–water partition coefficient (Wildman–Crippen LogP) is 2.53. The lowest BCUT2D eigenvalue weighted by molar-refractivity contribution is -0.384. The molecule has 1 unspecified atom stereocenters. The van der Waals surface area contributed by atoms with Gasteiger partial charge in [-0.05, 0) is 31.0 Å². The second kappa shape index (κ2) is 5.68. The maximum Gasteiger partial charge on any atom is 0.288 e. The highest BCUT2D eigenvalue weighted by Gasteiger charge is 2.30. The molecule has 2 aliphatic rings. The first-order valence-electron chi connectivity index (χ1n) is 7.03. The summed E-state index contributed by atoms with van der Waals surface area (Å²) < 4.78 is 0. The Morgan fingerprint density at radius 2 is 2.20 bits per heavy atom. The summed E-state index contributed by atoms with van der Waals surface area (Å²) in [6.45, 7) is 5.21. The van der Waals surface area contributed by atoms with E-state index in [0.717, 1.165) is 31.7 Å². The molecule has 2 saturated heterocycles. The first-order valence-corrected chi connectivity index (χ1v) is 7.40. The van der Waals surface area contributed by atoms with Crippen molar-refractivity contribution in [3.05, 3.63) is 38.9 Å². The van der Waals surface area contributed by atoms with E-state index in [0.29, 0.717) is 6.04 Å². The fraction of sp³-hybridized carbons (Fsp3) is 0.571. The SMILES string of the molecule is O=[N+]([O-])c1cc(CN2CCN3CCCC3C2)ccc1Cl. The summed E-state index contributed by atoms with van der Waals surface area (Å²) in [5.74, 6) is 0. The van der Waals surface area contributed by atoms with Gasteiger partial charge in [0.1, 0.15) is 5.02 Å². The van der Waals surface area contributed by atoms with Gasteiger partial charge in [-0.3, -0.25) is 19.9 Å². The first kappa shape index (κ1) is 13.8. The van der Waals surface area contributed by atoms with Crippen LogP contribution in [0.2, 0.25) is 5.02 Å². The first-order chi connectivity index (χ1) is 9.63. The van der Waals surface area contributed by atoms with Crippen LogP contribution in [0.1, 0.15) is 18.4 Å². The molecule has 108 valence electrons. The molecule has 0 aliphatic carbocycles. The van der Waals surface area contributed by atoms with Gasteiger partial charge >= 0.3 is 0 Å². The van der Waals surface area contributed by atoms with Crippen LogP contribution in [-0.2, 0) is 6.54 Å². The summed E-state index contributed by atoms with van der Waals surface area (Å²) in [5.41, 5.74) is 0.969. The normalized spacial score (nSPS) is 23.8. The number of hydrogen-bond acceptors (Lipinski definition) is 4. The lowest BCUT2D eigenvalue weighted by Crippen LogP contribution is -2.49. The van der Waals surface area contributed by atoms with Gasteiger partial charge in [-0.25, -0.2) is 0 Å². The molecule has 0 spiro atoms. The number of halogens is 1. The van der Waals surface area contributed by atoms with E-state index in [1.54, 1.807) is 12.1 Å². The Morgan fingerprint density at radius 3 is 3.00 bits per heavy atom. The van der Waals surface area contributed by atoms with Crippen LogP contribution in [0, 0.1) is 10.1 Å². The number of piperazine rings is 1. The lowest BCUT2D eigenvalue weighted by Gasteiger charge is -2.37. The topological polar surface area (TPSA) is 49.6 Å². The maximum atomic E-state index is 10.9. The third kappa shape index (κ3) is 2.80. The van der Waals surface area contributed by atoms with Gasteiger partial charge in [0, 0.05) is 38.3 Å². The third-order valence-corrected chi connectivity index (χ3v) is 4.60. The predicted molar refractivity (Wildman–Crippen MR) is 78.0 cm³/mol. The van der Waals surface area contributed by atoms with Crippen molar-refractivity contribution in [1.82, 2.24) is 9.80 Å². The smallest absolute Gasteiger partial charge is 0.288 e. The molecule has 0 radical (unpaired) electrons. The Morgan fingerprint density at radius 1 is 1.35 bits per heavy atom. The summed E-state index contributed by atoms with van der Waals surface area (Å²) >= 11 is 5.85. The van der Waals surface area contributed by atoms with Crippen LogP contribution in [0.25, 0.3) is 0 Å². The Kier molecular flexibility index (Phi) is 3.92. The number of benzene rings is 1. The number of fused-ring (bicyclic) bond motifs is 1. The van der Waals surface area contributed by atoms with Crippen molar-refractivity contribution in [2.24, 2.45) is 0 Å². The van der Waals surface area contributed by atoms with Crippen molar-refractivity contribution < 1.29 is 4.92 Å². The van der Waals surface area contributed by atoms with E-state index in [1.807, 2.05) is 6.07 Å².